The predicted octanol–water partition coefficient (Wildman–Crippen LogP) is 6.58. The second-order valence-electron chi connectivity index (χ2n) is 10.9. The maximum absolute atomic E-state index is 13.4. The van der Waals surface area contributed by atoms with Crippen molar-refractivity contribution in [3.8, 4) is 0 Å². The quantitative estimate of drug-likeness (QED) is 0.519. The number of carbonyl (C=O) groups is 1. The van der Waals surface area contributed by atoms with Gasteiger partial charge in [0, 0.05) is 35.6 Å². The lowest BCUT2D eigenvalue weighted by Gasteiger charge is -2.41. The summed E-state index contributed by atoms with van der Waals surface area (Å²) >= 11 is 0. The molecule has 1 aromatic carbocycles. The minimum absolute atomic E-state index is 0.242. The van der Waals surface area contributed by atoms with Gasteiger partial charge < -0.3 is 14.7 Å². The number of anilines is 1. The second-order valence-corrected chi connectivity index (χ2v) is 10.9. The number of carboxylic acids is 1. The number of aliphatic carboxylic acids is 1. The van der Waals surface area contributed by atoms with Crippen LogP contribution in [0.25, 0.3) is 12.2 Å². The summed E-state index contributed by atoms with van der Waals surface area (Å²) in [6.07, 6.45) is 4.75. The molecule has 1 atom stereocenters. The highest BCUT2D eigenvalue weighted by Crippen LogP contribution is 2.41. The monoisotopic (exact) mass is 468 g/mol. The molecule has 1 saturated heterocycles. The average Bonchev–Trinajstić information content (AvgIpc) is 2.72. The summed E-state index contributed by atoms with van der Waals surface area (Å²) < 4.78 is 19.4. The van der Waals surface area contributed by atoms with Crippen LogP contribution in [0.5, 0.6) is 0 Å². The lowest BCUT2D eigenvalue weighted by molar-refractivity contribution is -0.160. The van der Waals surface area contributed by atoms with Gasteiger partial charge in [0.1, 0.15) is 5.82 Å². The third kappa shape index (κ3) is 6.23. The molecule has 0 spiro atoms. The van der Waals surface area contributed by atoms with Crippen LogP contribution in [-0.4, -0.2) is 34.8 Å². The fourth-order valence-electron chi connectivity index (χ4n) is 4.39. The zero-order chi connectivity index (χ0) is 25.3. The summed E-state index contributed by atoms with van der Waals surface area (Å²) in [5, 5.41) is 10.2. The summed E-state index contributed by atoms with van der Waals surface area (Å²) in [7, 11) is 0. The molecule has 184 valence electrons. The van der Waals surface area contributed by atoms with Gasteiger partial charge >= 0.3 is 5.97 Å². The third-order valence-corrected chi connectivity index (χ3v) is 6.33. The predicted molar refractivity (Wildman–Crippen MR) is 135 cm³/mol. The first-order chi connectivity index (χ1) is 15.8. The van der Waals surface area contributed by atoms with Crippen LogP contribution in [0.2, 0.25) is 0 Å². The van der Waals surface area contributed by atoms with Gasteiger partial charge in [0.25, 0.3) is 0 Å². The number of benzene rings is 1. The second kappa shape index (κ2) is 9.87. The number of piperidine rings is 1. The number of hydrogen-bond donors (Lipinski definition) is 1. The molecule has 0 unspecified atom stereocenters. The van der Waals surface area contributed by atoms with Gasteiger partial charge in [0.2, 0.25) is 0 Å². The molecule has 1 aliphatic rings. The van der Waals surface area contributed by atoms with Crippen LogP contribution in [0.15, 0.2) is 24.3 Å². The maximum atomic E-state index is 13.4. The first-order valence-corrected chi connectivity index (χ1v) is 11.9. The van der Waals surface area contributed by atoms with Gasteiger partial charge in [-0.15, -0.1) is 0 Å². The molecule has 1 N–H and O–H groups in total. The fraction of sp³-hybridized carbons (Fsp3) is 0.500. The molecule has 2 aromatic rings. The normalized spacial score (nSPS) is 17.2. The van der Waals surface area contributed by atoms with Crippen LogP contribution in [-0.2, 0) is 9.53 Å². The highest BCUT2D eigenvalue weighted by atomic mass is 19.1. The molecule has 0 amide bonds. The Morgan fingerprint density at radius 1 is 1.12 bits per heavy atom. The highest BCUT2D eigenvalue weighted by Gasteiger charge is 2.35. The van der Waals surface area contributed by atoms with Crippen molar-refractivity contribution in [2.45, 2.75) is 73.0 Å². The summed E-state index contributed by atoms with van der Waals surface area (Å²) in [6, 6.07) is 6.29. The Hall–Kier alpha value is -2.73. The standard InChI is InChI=1S/C28H37FN2O3/c1-18-22(13-10-20-8-11-21(29)12-9-20)24(31-16-14-28(6,7)15-17-31)23(19(2)30-18)25(26(32)33)34-27(3,4)5/h8-13,25H,14-17H2,1-7H3,(H,32,33)/b13-10+/t25-/m0/s1. The summed E-state index contributed by atoms with van der Waals surface area (Å²) in [6.45, 7) is 15.6. The van der Waals surface area contributed by atoms with E-state index in [1.807, 2.05) is 46.8 Å². The van der Waals surface area contributed by atoms with Crippen LogP contribution >= 0.6 is 0 Å². The van der Waals surface area contributed by atoms with Gasteiger partial charge in [-0.2, -0.15) is 0 Å². The van der Waals surface area contributed by atoms with E-state index in [1.165, 1.54) is 12.1 Å². The number of aryl methyl sites for hydroxylation is 2. The van der Waals surface area contributed by atoms with Gasteiger partial charge in [-0.05, 0) is 70.6 Å². The molecule has 0 aliphatic carbocycles. The van der Waals surface area contributed by atoms with Crippen molar-refractivity contribution in [2.75, 3.05) is 18.0 Å². The molecular formula is C28H37FN2O3. The molecule has 0 saturated carbocycles. The number of nitrogens with zero attached hydrogens (tertiary/aromatic N) is 2. The minimum Gasteiger partial charge on any atom is -0.479 e. The Balaban J connectivity index is 2.20. The Morgan fingerprint density at radius 3 is 2.24 bits per heavy atom. The molecule has 1 aliphatic heterocycles. The van der Waals surface area contributed by atoms with E-state index in [1.54, 1.807) is 12.1 Å². The van der Waals surface area contributed by atoms with Crippen molar-refractivity contribution in [3.63, 3.8) is 0 Å². The molecule has 2 heterocycles. The molecule has 1 fully saturated rings. The number of hydrogen-bond acceptors (Lipinski definition) is 4. The van der Waals surface area contributed by atoms with Crippen molar-refractivity contribution >= 4 is 23.8 Å². The first kappa shape index (κ1) is 25.9. The topological polar surface area (TPSA) is 62.7 Å². The van der Waals surface area contributed by atoms with Gasteiger partial charge in [0.15, 0.2) is 6.10 Å². The van der Waals surface area contributed by atoms with Gasteiger partial charge in [0.05, 0.1) is 11.3 Å². The molecule has 34 heavy (non-hydrogen) atoms. The van der Waals surface area contributed by atoms with Gasteiger partial charge in [-0.1, -0.05) is 38.1 Å². The first-order valence-electron chi connectivity index (χ1n) is 11.9. The Kier molecular flexibility index (Phi) is 7.51. The van der Waals surface area contributed by atoms with Crippen LogP contribution in [0, 0.1) is 25.1 Å². The lowest BCUT2D eigenvalue weighted by atomic mass is 9.82. The van der Waals surface area contributed by atoms with E-state index in [2.05, 4.69) is 18.7 Å². The average molecular weight is 469 g/mol. The van der Waals surface area contributed by atoms with E-state index >= 15 is 0 Å². The highest BCUT2D eigenvalue weighted by molar-refractivity contribution is 5.85. The molecule has 6 heteroatoms. The number of pyridine rings is 1. The van der Waals surface area contributed by atoms with E-state index in [0.717, 1.165) is 48.4 Å². The van der Waals surface area contributed by atoms with Crippen molar-refractivity contribution in [1.82, 2.24) is 4.98 Å². The van der Waals surface area contributed by atoms with Crippen LogP contribution in [0.3, 0.4) is 0 Å². The van der Waals surface area contributed by atoms with Crippen molar-refractivity contribution in [2.24, 2.45) is 5.41 Å². The Labute approximate surface area is 202 Å². The SMILES string of the molecule is Cc1nc(C)c([C@H](OC(C)(C)C)C(=O)O)c(N2CCC(C)(C)CC2)c1/C=C/c1ccc(F)cc1. The number of aromatic nitrogens is 1. The maximum Gasteiger partial charge on any atom is 0.337 e. The van der Waals surface area contributed by atoms with E-state index in [4.69, 9.17) is 9.72 Å². The largest absolute Gasteiger partial charge is 0.479 e. The Morgan fingerprint density at radius 2 is 1.71 bits per heavy atom. The van der Waals surface area contributed by atoms with Crippen molar-refractivity contribution in [1.29, 1.82) is 0 Å². The zero-order valence-electron chi connectivity index (χ0n) is 21.4. The molecule has 5 nitrogen and oxygen atoms in total. The van der Waals surface area contributed by atoms with E-state index in [9.17, 15) is 14.3 Å². The van der Waals surface area contributed by atoms with Gasteiger partial charge in [-0.3, -0.25) is 4.98 Å². The van der Waals surface area contributed by atoms with Crippen molar-refractivity contribution < 1.29 is 19.0 Å². The zero-order valence-corrected chi connectivity index (χ0v) is 21.4. The summed E-state index contributed by atoms with van der Waals surface area (Å²) in [5.41, 5.74) is 4.27. The Bertz CT molecular complexity index is 1060. The molecule has 1 aromatic heterocycles. The van der Waals surface area contributed by atoms with Crippen LogP contribution in [0.1, 0.15) is 81.6 Å². The molecular weight excluding hydrogens is 431 g/mol. The number of rotatable bonds is 6. The smallest absolute Gasteiger partial charge is 0.337 e. The number of carboxylic acid groups (broad SMARTS) is 1. The van der Waals surface area contributed by atoms with Crippen molar-refractivity contribution in [3.05, 3.63) is 58.2 Å². The van der Waals surface area contributed by atoms with E-state index in [0.29, 0.717) is 11.3 Å². The number of ether oxygens (including phenoxy) is 1. The van der Waals surface area contributed by atoms with Crippen LogP contribution in [0.4, 0.5) is 10.1 Å². The third-order valence-electron chi connectivity index (χ3n) is 6.33. The fourth-order valence-corrected chi connectivity index (χ4v) is 4.39. The molecule has 0 radical (unpaired) electrons. The summed E-state index contributed by atoms with van der Waals surface area (Å²) in [4.78, 5) is 19.5. The number of halogens is 1. The van der Waals surface area contributed by atoms with E-state index in [-0.39, 0.29) is 11.2 Å². The van der Waals surface area contributed by atoms with E-state index < -0.39 is 17.7 Å². The lowest BCUT2D eigenvalue weighted by Crippen LogP contribution is -2.39. The van der Waals surface area contributed by atoms with Crippen LogP contribution < -0.4 is 4.90 Å². The summed E-state index contributed by atoms with van der Waals surface area (Å²) in [5.74, 6) is -1.32. The van der Waals surface area contributed by atoms with Gasteiger partial charge in [-0.25, -0.2) is 9.18 Å². The molecule has 0 bridgehead atoms. The molecule has 3 rings (SSSR count). The minimum atomic E-state index is -1.14.